The lowest BCUT2D eigenvalue weighted by molar-refractivity contribution is -0.131. The van der Waals surface area contributed by atoms with Crippen molar-refractivity contribution in [2.24, 2.45) is 0 Å². The Balaban J connectivity index is 2.27. The number of fused-ring (bicyclic) bond motifs is 1. The van der Waals surface area contributed by atoms with Crippen molar-refractivity contribution in [1.29, 1.82) is 0 Å². The average molecular weight is 248 g/mol. The predicted octanol–water partition coefficient (Wildman–Crippen LogP) is 3.07. The van der Waals surface area contributed by atoms with Crippen LogP contribution in [-0.2, 0) is 4.79 Å². The summed E-state index contributed by atoms with van der Waals surface area (Å²) in [4.78, 5) is 10.8. The molecule has 1 aliphatic rings. The first-order valence-corrected chi connectivity index (χ1v) is 6.04. The van der Waals surface area contributed by atoms with E-state index in [0.29, 0.717) is 11.5 Å². The third-order valence-corrected chi connectivity index (χ3v) is 2.84. The summed E-state index contributed by atoms with van der Waals surface area (Å²) in [5.74, 6) is 0.475. The van der Waals surface area contributed by atoms with Gasteiger partial charge in [-0.1, -0.05) is 19.4 Å². The Hall–Kier alpha value is -1.97. The van der Waals surface area contributed by atoms with Gasteiger partial charge >= 0.3 is 5.97 Å². The molecule has 1 aliphatic heterocycles. The quantitative estimate of drug-likeness (QED) is 0.813. The molecule has 1 aromatic carbocycles. The van der Waals surface area contributed by atoms with Gasteiger partial charge in [0.25, 0.3) is 0 Å². The summed E-state index contributed by atoms with van der Waals surface area (Å²) < 4.78 is 10.5. The van der Waals surface area contributed by atoms with Crippen LogP contribution in [0.3, 0.4) is 0 Å². The molecule has 0 radical (unpaired) electrons. The van der Waals surface area contributed by atoms with Crippen molar-refractivity contribution in [2.45, 2.75) is 26.2 Å². The van der Waals surface area contributed by atoms with E-state index >= 15 is 0 Å². The van der Waals surface area contributed by atoms with E-state index in [4.69, 9.17) is 14.6 Å². The van der Waals surface area contributed by atoms with Crippen molar-refractivity contribution in [2.75, 3.05) is 6.79 Å². The topological polar surface area (TPSA) is 55.8 Å². The van der Waals surface area contributed by atoms with E-state index in [1.807, 2.05) is 18.2 Å². The van der Waals surface area contributed by atoms with E-state index in [1.165, 1.54) is 6.08 Å². The standard InChI is InChI=1S/C14H16O4/c1-2-3-4-10(8-14(15)16)11-5-6-12-13(7-11)18-9-17-12/h5-8H,2-4,9H2,1H3,(H,15,16)/b10-8+. The summed E-state index contributed by atoms with van der Waals surface area (Å²) in [7, 11) is 0. The van der Waals surface area contributed by atoms with E-state index in [2.05, 4.69) is 6.92 Å². The first-order chi connectivity index (χ1) is 8.70. The second kappa shape index (κ2) is 5.58. The molecule has 0 atom stereocenters. The van der Waals surface area contributed by atoms with Crippen molar-refractivity contribution < 1.29 is 19.4 Å². The monoisotopic (exact) mass is 248 g/mol. The van der Waals surface area contributed by atoms with E-state index in [1.54, 1.807) is 0 Å². The lowest BCUT2D eigenvalue weighted by atomic mass is 9.99. The zero-order chi connectivity index (χ0) is 13.0. The number of unbranched alkanes of at least 4 members (excludes halogenated alkanes) is 1. The molecular weight excluding hydrogens is 232 g/mol. The molecule has 4 nitrogen and oxygen atoms in total. The Morgan fingerprint density at radius 2 is 2.17 bits per heavy atom. The molecule has 96 valence electrons. The van der Waals surface area contributed by atoms with Crippen LogP contribution in [0.5, 0.6) is 11.5 Å². The van der Waals surface area contributed by atoms with Crippen molar-refractivity contribution in [3.05, 3.63) is 29.8 Å². The van der Waals surface area contributed by atoms with Crippen LogP contribution in [0.4, 0.5) is 0 Å². The average Bonchev–Trinajstić information content (AvgIpc) is 2.81. The Morgan fingerprint density at radius 3 is 2.89 bits per heavy atom. The van der Waals surface area contributed by atoms with Gasteiger partial charge in [-0.3, -0.25) is 0 Å². The second-order valence-electron chi connectivity index (χ2n) is 4.18. The molecule has 18 heavy (non-hydrogen) atoms. The van der Waals surface area contributed by atoms with Crippen LogP contribution in [0.25, 0.3) is 5.57 Å². The molecule has 1 aromatic rings. The van der Waals surface area contributed by atoms with Gasteiger partial charge in [0.1, 0.15) is 0 Å². The normalized spacial score (nSPS) is 13.7. The lowest BCUT2D eigenvalue weighted by Gasteiger charge is -2.07. The first-order valence-electron chi connectivity index (χ1n) is 6.04. The molecule has 0 fully saturated rings. The number of benzene rings is 1. The van der Waals surface area contributed by atoms with Crippen molar-refractivity contribution in [3.63, 3.8) is 0 Å². The molecular formula is C14H16O4. The van der Waals surface area contributed by atoms with Gasteiger partial charge in [0.2, 0.25) is 6.79 Å². The molecule has 0 saturated carbocycles. The number of carbonyl (C=O) groups is 1. The number of ether oxygens (including phenoxy) is 2. The maximum atomic E-state index is 10.8. The van der Waals surface area contributed by atoms with Gasteiger partial charge in [0.05, 0.1) is 0 Å². The van der Waals surface area contributed by atoms with Gasteiger partial charge in [-0.25, -0.2) is 4.79 Å². The number of carboxylic acid groups (broad SMARTS) is 1. The molecule has 0 aromatic heterocycles. The highest BCUT2D eigenvalue weighted by molar-refractivity contribution is 5.90. The van der Waals surface area contributed by atoms with Gasteiger partial charge in [-0.2, -0.15) is 0 Å². The van der Waals surface area contributed by atoms with Gasteiger partial charge in [0.15, 0.2) is 11.5 Å². The van der Waals surface area contributed by atoms with Gasteiger partial charge in [-0.15, -0.1) is 0 Å². The van der Waals surface area contributed by atoms with Gasteiger partial charge < -0.3 is 14.6 Å². The Bertz CT molecular complexity index is 477. The lowest BCUT2D eigenvalue weighted by Crippen LogP contribution is -1.94. The zero-order valence-corrected chi connectivity index (χ0v) is 10.3. The summed E-state index contributed by atoms with van der Waals surface area (Å²) in [6.45, 7) is 2.31. The molecule has 0 bridgehead atoms. The Morgan fingerprint density at radius 1 is 1.39 bits per heavy atom. The predicted molar refractivity (Wildman–Crippen MR) is 67.7 cm³/mol. The molecule has 0 aliphatic carbocycles. The number of hydrogen-bond donors (Lipinski definition) is 1. The van der Waals surface area contributed by atoms with Crippen LogP contribution in [0.15, 0.2) is 24.3 Å². The summed E-state index contributed by atoms with van der Waals surface area (Å²) in [6, 6.07) is 5.53. The zero-order valence-electron chi connectivity index (χ0n) is 10.3. The van der Waals surface area contributed by atoms with Crippen molar-refractivity contribution >= 4 is 11.5 Å². The first kappa shape index (κ1) is 12.5. The summed E-state index contributed by atoms with van der Waals surface area (Å²) in [6.07, 6.45) is 4.02. The van der Waals surface area contributed by atoms with E-state index < -0.39 is 5.97 Å². The minimum atomic E-state index is -0.918. The number of allylic oxidation sites excluding steroid dienone is 1. The molecule has 0 saturated heterocycles. The highest BCUT2D eigenvalue weighted by Gasteiger charge is 2.15. The van der Waals surface area contributed by atoms with Crippen LogP contribution in [0, 0.1) is 0 Å². The van der Waals surface area contributed by atoms with Crippen LogP contribution < -0.4 is 9.47 Å². The number of aliphatic carboxylic acids is 1. The van der Waals surface area contributed by atoms with Gasteiger partial charge in [0, 0.05) is 6.08 Å². The van der Waals surface area contributed by atoms with Crippen molar-refractivity contribution in [1.82, 2.24) is 0 Å². The molecule has 1 N–H and O–H groups in total. The maximum absolute atomic E-state index is 10.8. The molecule has 2 rings (SSSR count). The SMILES string of the molecule is CCCC/C(=C\C(=O)O)c1ccc2c(c1)OCO2. The second-order valence-corrected chi connectivity index (χ2v) is 4.18. The maximum Gasteiger partial charge on any atom is 0.328 e. The summed E-state index contributed by atoms with van der Waals surface area (Å²) in [5.41, 5.74) is 1.71. The minimum absolute atomic E-state index is 0.228. The number of hydrogen-bond acceptors (Lipinski definition) is 3. The van der Waals surface area contributed by atoms with E-state index in [0.717, 1.165) is 30.4 Å². The molecule has 0 spiro atoms. The largest absolute Gasteiger partial charge is 0.478 e. The molecule has 1 heterocycles. The van der Waals surface area contributed by atoms with Crippen LogP contribution >= 0.6 is 0 Å². The van der Waals surface area contributed by atoms with Gasteiger partial charge in [-0.05, 0) is 36.1 Å². The Labute approximate surface area is 106 Å². The Kier molecular flexibility index (Phi) is 3.87. The molecule has 0 unspecified atom stereocenters. The van der Waals surface area contributed by atoms with E-state index in [-0.39, 0.29) is 6.79 Å². The van der Waals surface area contributed by atoms with Crippen LogP contribution in [0.2, 0.25) is 0 Å². The van der Waals surface area contributed by atoms with E-state index in [9.17, 15) is 4.79 Å². The highest BCUT2D eigenvalue weighted by Crippen LogP contribution is 2.35. The summed E-state index contributed by atoms with van der Waals surface area (Å²) >= 11 is 0. The fourth-order valence-corrected chi connectivity index (χ4v) is 1.91. The highest BCUT2D eigenvalue weighted by atomic mass is 16.7. The molecule has 4 heteroatoms. The van der Waals surface area contributed by atoms with Crippen LogP contribution in [-0.4, -0.2) is 17.9 Å². The number of carboxylic acids is 1. The minimum Gasteiger partial charge on any atom is -0.478 e. The molecule has 0 amide bonds. The van der Waals surface area contributed by atoms with Crippen LogP contribution in [0.1, 0.15) is 31.7 Å². The summed E-state index contributed by atoms with van der Waals surface area (Å²) in [5, 5.41) is 8.91. The smallest absolute Gasteiger partial charge is 0.328 e. The van der Waals surface area contributed by atoms with Crippen molar-refractivity contribution in [3.8, 4) is 11.5 Å². The third kappa shape index (κ3) is 2.83. The third-order valence-electron chi connectivity index (χ3n) is 2.84. The number of rotatable bonds is 5. The fraction of sp³-hybridized carbons (Fsp3) is 0.357. The fourth-order valence-electron chi connectivity index (χ4n) is 1.91.